The summed E-state index contributed by atoms with van der Waals surface area (Å²) < 4.78 is 5.52. The van der Waals surface area contributed by atoms with E-state index in [0.717, 1.165) is 28.8 Å². The Labute approximate surface area is 92.8 Å². The van der Waals surface area contributed by atoms with E-state index < -0.39 is 0 Å². The Balaban J connectivity index is 2.14. The van der Waals surface area contributed by atoms with Crippen molar-refractivity contribution in [1.82, 2.24) is 9.97 Å². The van der Waals surface area contributed by atoms with Gasteiger partial charge in [0.25, 0.3) is 0 Å². The number of nitrogens with zero attached hydrogens (tertiary/aromatic N) is 2. The summed E-state index contributed by atoms with van der Waals surface area (Å²) in [4.78, 5) is 9.42. The molecule has 0 atom stereocenters. The predicted molar refractivity (Wildman–Crippen MR) is 61.1 cm³/mol. The van der Waals surface area contributed by atoms with E-state index in [2.05, 4.69) is 16.9 Å². The maximum atomic E-state index is 5.52. The van der Waals surface area contributed by atoms with E-state index in [1.165, 1.54) is 0 Å². The van der Waals surface area contributed by atoms with Crippen molar-refractivity contribution in [3.63, 3.8) is 0 Å². The van der Waals surface area contributed by atoms with E-state index in [1.807, 2.05) is 18.2 Å². The first-order chi connectivity index (χ1) is 7.40. The fourth-order valence-corrected chi connectivity index (χ4v) is 1.97. The van der Waals surface area contributed by atoms with Gasteiger partial charge in [-0.3, -0.25) is 0 Å². The molecule has 0 unspecified atom stereocenters. The number of hydrogen-bond acceptors (Lipinski definition) is 4. The molecule has 2 aromatic heterocycles. The number of rotatable bonds is 4. The molecule has 0 spiro atoms. The summed E-state index contributed by atoms with van der Waals surface area (Å²) in [6, 6.07) is 5.77. The molecule has 0 saturated carbocycles. The van der Waals surface area contributed by atoms with E-state index in [1.54, 1.807) is 23.7 Å². The first-order valence-corrected chi connectivity index (χ1v) is 5.72. The van der Waals surface area contributed by atoms with Crippen LogP contribution in [0.5, 0.6) is 5.06 Å². The van der Waals surface area contributed by atoms with Gasteiger partial charge < -0.3 is 4.74 Å². The maximum absolute atomic E-state index is 5.52. The highest BCUT2D eigenvalue weighted by Crippen LogP contribution is 2.30. The van der Waals surface area contributed by atoms with Gasteiger partial charge in [-0.25, -0.2) is 9.97 Å². The topological polar surface area (TPSA) is 35.0 Å². The van der Waals surface area contributed by atoms with E-state index in [0.29, 0.717) is 0 Å². The lowest BCUT2D eigenvalue weighted by Gasteiger charge is -1.98. The van der Waals surface area contributed by atoms with Crippen molar-refractivity contribution in [2.45, 2.75) is 13.3 Å². The van der Waals surface area contributed by atoms with Gasteiger partial charge in [-0.05, 0) is 24.6 Å². The smallest absolute Gasteiger partial charge is 0.174 e. The molecular formula is C11H12N2OS. The van der Waals surface area contributed by atoms with Crippen molar-refractivity contribution in [1.29, 1.82) is 0 Å². The largest absolute Gasteiger partial charge is 0.484 e. The Hall–Kier alpha value is -1.42. The van der Waals surface area contributed by atoms with Crippen LogP contribution in [0.2, 0.25) is 0 Å². The average Bonchev–Trinajstić information content (AvgIpc) is 2.76. The highest BCUT2D eigenvalue weighted by atomic mass is 32.1. The Kier molecular flexibility index (Phi) is 3.29. The van der Waals surface area contributed by atoms with Crippen LogP contribution in [0.3, 0.4) is 0 Å². The summed E-state index contributed by atoms with van der Waals surface area (Å²) in [5.74, 6) is 0.758. The fraction of sp³-hybridized carbons (Fsp3) is 0.273. The van der Waals surface area contributed by atoms with Crippen LogP contribution in [0, 0.1) is 0 Å². The highest BCUT2D eigenvalue weighted by molar-refractivity contribution is 7.17. The normalized spacial score (nSPS) is 10.2. The van der Waals surface area contributed by atoms with E-state index in [-0.39, 0.29) is 0 Å². The van der Waals surface area contributed by atoms with Gasteiger partial charge >= 0.3 is 0 Å². The minimum Gasteiger partial charge on any atom is -0.484 e. The van der Waals surface area contributed by atoms with Crippen LogP contribution in [0.15, 0.2) is 30.6 Å². The van der Waals surface area contributed by atoms with Crippen LogP contribution >= 0.6 is 11.3 Å². The molecular weight excluding hydrogens is 208 g/mol. The van der Waals surface area contributed by atoms with E-state index in [9.17, 15) is 0 Å². The van der Waals surface area contributed by atoms with Gasteiger partial charge in [0.15, 0.2) is 10.9 Å². The molecule has 0 aromatic carbocycles. The second kappa shape index (κ2) is 4.89. The predicted octanol–water partition coefficient (Wildman–Crippen LogP) is 2.99. The Morgan fingerprint density at radius 1 is 1.27 bits per heavy atom. The standard InChI is InChI=1S/C11H12N2OS/c1-2-8-14-10-5-4-9(15-10)11-12-6-3-7-13-11/h3-7H,2,8H2,1H3. The van der Waals surface area contributed by atoms with E-state index >= 15 is 0 Å². The molecule has 15 heavy (non-hydrogen) atoms. The maximum Gasteiger partial charge on any atom is 0.174 e. The second-order valence-electron chi connectivity index (χ2n) is 3.04. The Bertz CT molecular complexity index is 414. The molecule has 0 N–H and O–H groups in total. The third-order valence-corrected chi connectivity index (χ3v) is 2.81. The molecule has 78 valence electrons. The minimum absolute atomic E-state index is 0.758. The van der Waals surface area contributed by atoms with Gasteiger partial charge in [0.1, 0.15) is 0 Å². The zero-order chi connectivity index (χ0) is 10.5. The highest BCUT2D eigenvalue weighted by Gasteiger charge is 2.04. The van der Waals surface area contributed by atoms with Crippen LogP contribution in [0.1, 0.15) is 13.3 Å². The number of ether oxygens (including phenoxy) is 1. The molecule has 2 rings (SSSR count). The summed E-state index contributed by atoms with van der Waals surface area (Å²) in [5.41, 5.74) is 0. The van der Waals surface area contributed by atoms with Gasteiger partial charge in [0, 0.05) is 12.4 Å². The summed E-state index contributed by atoms with van der Waals surface area (Å²) in [5, 5.41) is 0.930. The third kappa shape index (κ3) is 2.53. The van der Waals surface area contributed by atoms with Crippen LogP contribution in [-0.2, 0) is 0 Å². The number of thiophene rings is 1. The van der Waals surface area contributed by atoms with Crippen molar-refractivity contribution in [3.05, 3.63) is 30.6 Å². The van der Waals surface area contributed by atoms with Crippen LogP contribution in [-0.4, -0.2) is 16.6 Å². The summed E-state index contributed by atoms with van der Waals surface area (Å²) in [6.07, 6.45) is 4.51. The van der Waals surface area contributed by atoms with Crippen molar-refractivity contribution in [2.75, 3.05) is 6.61 Å². The van der Waals surface area contributed by atoms with Crippen molar-refractivity contribution in [2.24, 2.45) is 0 Å². The molecule has 0 saturated heterocycles. The quantitative estimate of drug-likeness (QED) is 0.794. The molecule has 3 nitrogen and oxygen atoms in total. The lowest BCUT2D eigenvalue weighted by atomic mass is 10.4. The molecule has 0 bridgehead atoms. The summed E-state index contributed by atoms with van der Waals surface area (Å²) in [7, 11) is 0. The van der Waals surface area contributed by atoms with E-state index in [4.69, 9.17) is 4.74 Å². The first kappa shape index (κ1) is 10.1. The molecule has 0 radical (unpaired) electrons. The zero-order valence-corrected chi connectivity index (χ0v) is 9.33. The lowest BCUT2D eigenvalue weighted by molar-refractivity contribution is 0.326. The van der Waals surface area contributed by atoms with Gasteiger partial charge in [-0.2, -0.15) is 0 Å². The van der Waals surface area contributed by atoms with Crippen LogP contribution in [0.4, 0.5) is 0 Å². The molecule has 4 heteroatoms. The molecule has 0 aliphatic rings. The molecule has 0 aliphatic carbocycles. The van der Waals surface area contributed by atoms with Gasteiger partial charge in [0.05, 0.1) is 11.5 Å². The first-order valence-electron chi connectivity index (χ1n) is 4.90. The van der Waals surface area contributed by atoms with Gasteiger partial charge in [0.2, 0.25) is 0 Å². The van der Waals surface area contributed by atoms with Crippen molar-refractivity contribution < 1.29 is 4.74 Å². The average molecular weight is 220 g/mol. The second-order valence-corrected chi connectivity index (χ2v) is 4.09. The monoisotopic (exact) mass is 220 g/mol. The number of hydrogen-bond donors (Lipinski definition) is 0. The fourth-order valence-electron chi connectivity index (χ4n) is 1.15. The molecule has 0 amide bonds. The van der Waals surface area contributed by atoms with Crippen molar-refractivity contribution in [3.8, 4) is 15.8 Å². The Morgan fingerprint density at radius 3 is 2.80 bits per heavy atom. The third-order valence-electron chi connectivity index (χ3n) is 1.82. The molecule has 0 fully saturated rings. The molecule has 2 aromatic rings. The molecule has 2 heterocycles. The van der Waals surface area contributed by atoms with Crippen molar-refractivity contribution >= 4 is 11.3 Å². The lowest BCUT2D eigenvalue weighted by Crippen LogP contribution is -1.91. The number of aromatic nitrogens is 2. The van der Waals surface area contributed by atoms with Crippen LogP contribution in [0.25, 0.3) is 10.7 Å². The van der Waals surface area contributed by atoms with Gasteiger partial charge in [-0.15, -0.1) is 0 Å². The Morgan fingerprint density at radius 2 is 2.07 bits per heavy atom. The van der Waals surface area contributed by atoms with Crippen LogP contribution < -0.4 is 4.74 Å². The summed E-state index contributed by atoms with van der Waals surface area (Å²) in [6.45, 7) is 2.85. The zero-order valence-electron chi connectivity index (χ0n) is 8.51. The van der Waals surface area contributed by atoms with Gasteiger partial charge in [-0.1, -0.05) is 18.3 Å². The minimum atomic E-state index is 0.758. The summed E-state index contributed by atoms with van der Waals surface area (Å²) >= 11 is 1.58. The molecule has 0 aliphatic heterocycles. The SMILES string of the molecule is CCCOc1ccc(-c2ncccn2)s1.